The van der Waals surface area contributed by atoms with Gasteiger partial charge in [-0.05, 0) is 26.1 Å². The summed E-state index contributed by atoms with van der Waals surface area (Å²) in [5.41, 5.74) is 0. The third kappa shape index (κ3) is 12.2. The lowest BCUT2D eigenvalue weighted by Crippen LogP contribution is -2.48. The summed E-state index contributed by atoms with van der Waals surface area (Å²) in [6.07, 6.45) is 8.22. The van der Waals surface area contributed by atoms with E-state index in [-0.39, 0.29) is 5.91 Å². The number of nitrogens with zero attached hydrogens (tertiary/aromatic N) is 3. The van der Waals surface area contributed by atoms with Crippen LogP contribution in [0.3, 0.4) is 0 Å². The Labute approximate surface area is 171 Å². The Morgan fingerprint density at radius 1 is 0.778 bits per heavy atom. The van der Waals surface area contributed by atoms with Gasteiger partial charge in [-0.15, -0.1) is 0 Å². The maximum Gasteiger partial charge on any atom is 0.136 e. The highest BCUT2D eigenvalue weighted by Gasteiger charge is 2.16. The van der Waals surface area contributed by atoms with Gasteiger partial charge in [0, 0.05) is 53.5 Å². The first-order chi connectivity index (χ1) is 13.2. The predicted octanol–water partition coefficient (Wildman–Crippen LogP) is 2.99. The van der Waals surface area contributed by atoms with Crippen LogP contribution in [0.2, 0.25) is 6.04 Å². The van der Waals surface area contributed by atoms with Crippen LogP contribution in [0.15, 0.2) is 0 Å². The summed E-state index contributed by atoms with van der Waals surface area (Å²) in [6, 6.07) is 1.24. The minimum Gasteiger partial charge on any atom is -0.360 e. The molecule has 0 spiro atoms. The first-order valence-corrected chi connectivity index (χ1v) is 12.5. The van der Waals surface area contributed by atoms with Gasteiger partial charge in [0.2, 0.25) is 0 Å². The van der Waals surface area contributed by atoms with E-state index in [9.17, 15) is 0 Å². The monoisotopic (exact) mass is 399 g/mol. The van der Waals surface area contributed by atoms with E-state index in [1.54, 1.807) is 14.2 Å². The van der Waals surface area contributed by atoms with Crippen molar-refractivity contribution in [3.63, 3.8) is 0 Å². The van der Waals surface area contributed by atoms with Crippen molar-refractivity contribution in [3.05, 3.63) is 0 Å². The molecule has 27 heavy (non-hydrogen) atoms. The lowest BCUT2D eigenvalue weighted by atomic mass is 10.1. The summed E-state index contributed by atoms with van der Waals surface area (Å²) in [5, 5.41) is 0. The summed E-state index contributed by atoms with van der Waals surface area (Å²) in [5.74, 6) is 0.0164. The van der Waals surface area contributed by atoms with Crippen LogP contribution in [0.4, 0.5) is 0 Å². The lowest BCUT2D eigenvalue weighted by Gasteiger charge is -2.35. The zero-order valence-corrected chi connectivity index (χ0v) is 19.5. The highest BCUT2D eigenvalue weighted by Crippen LogP contribution is 2.10. The van der Waals surface area contributed by atoms with Gasteiger partial charge < -0.3 is 19.3 Å². The molecule has 0 aromatic heterocycles. The molecule has 1 fully saturated rings. The second kappa shape index (κ2) is 16.9. The summed E-state index contributed by atoms with van der Waals surface area (Å²) >= 11 is 0. The fourth-order valence-electron chi connectivity index (χ4n) is 3.71. The lowest BCUT2D eigenvalue weighted by molar-refractivity contribution is -0.0441. The van der Waals surface area contributed by atoms with E-state index in [1.165, 1.54) is 103 Å². The molecular formula is C21H45N3O2Si. The molecule has 160 valence electrons. The summed E-state index contributed by atoms with van der Waals surface area (Å²) in [4.78, 5) is 7.85. The fraction of sp³-hybridized carbons (Fsp3) is 1.00. The number of hydrogen-bond acceptors (Lipinski definition) is 5. The van der Waals surface area contributed by atoms with Gasteiger partial charge in [-0.1, -0.05) is 52.0 Å². The molecule has 6 heteroatoms. The minimum atomic E-state index is 0.0164. The number of ether oxygens (including phenoxy) is 2. The standard InChI is InChI=1S/C21H45N3O2Si/c1-5-22(6-2)14-15-24-18-16-23(17-19-24)13-11-9-7-8-10-12-20-27-21(25-3)26-4/h21H,5-20H2,1-4H3. The number of rotatable bonds is 17. The molecule has 0 aromatic carbocycles. The predicted molar refractivity (Wildman–Crippen MR) is 117 cm³/mol. The van der Waals surface area contributed by atoms with Crippen molar-refractivity contribution in [1.29, 1.82) is 0 Å². The average Bonchev–Trinajstić information content (AvgIpc) is 2.71. The molecule has 0 amide bonds. The summed E-state index contributed by atoms with van der Waals surface area (Å²) in [6.45, 7) is 15.7. The fourth-order valence-corrected chi connectivity index (χ4v) is 4.73. The maximum atomic E-state index is 5.24. The third-order valence-corrected chi connectivity index (χ3v) is 7.18. The minimum absolute atomic E-state index is 0.0164. The van der Waals surface area contributed by atoms with E-state index in [1.807, 2.05) is 0 Å². The smallest absolute Gasteiger partial charge is 0.136 e. The number of unbranched alkanes of at least 4 members (excludes halogenated alkanes) is 5. The van der Waals surface area contributed by atoms with Crippen LogP contribution in [-0.2, 0) is 9.47 Å². The number of hydrogen-bond donors (Lipinski definition) is 0. The van der Waals surface area contributed by atoms with Crippen molar-refractivity contribution in [1.82, 2.24) is 14.7 Å². The van der Waals surface area contributed by atoms with Crippen LogP contribution in [0.25, 0.3) is 0 Å². The van der Waals surface area contributed by atoms with Gasteiger partial charge >= 0.3 is 0 Å². The Morgan fingerprint density at radius 3 is 1.85 bits per heavy atom. The maximum absolute atomic E-state index is 5.24. The topological polar surface area (TPSA) is 28.2 Å². The molecule has 1 rings (SSSR count). The Kier molecular flexibility index (Phi) is 15.7. The molecule has 0 saturated carbocycles. The van der Waals surface area contributed by atoms with Crippen LogP contribution in [0.1, 0.15) is 52.4 Å². The van der Waals surface area contributed by atoms with Gasteiger partial charge in [0.15, 0.2) is 0 Å². The second-order valence-corrected chi connectivity index (χ2v) is 8.97. The molecule has 1 heterocycles. The molecule has 0 unspecified atom stereocenters. The van der Waals surface area contributed by atoms with E-state index >= 15 is 0 Å². The first-order valence-electron chi connectivity index (χ1n) is 11.2. The van der Waals surface area contributed by atoms with Gasteiger partial charge in [0.25, 0.3) is 0 Å². The zero-order valence-electron chi connectivity index (χ0n) is 18.5. The number of piperazine rings is 1. The van der Waals surface area contributed by atoms with E-state index in [0.29, 0.717) is 0 Å². The quantitative estimate of drug-likeness (QED) is 0.213. The van der Waals surface area contributed by atoms with Crippen molar-refractivity contribution in [2.24, 2.45) is 0 Å². The van der Waals surface area contributed by atoms with Gasteiger partial charge in [0.05, 0.1) is 0 Å². The molecule has 1 aliphatic rings. The van der Waals surface area contributed by atoms with E-state index in [0.717, 1.165) is 9.52 Å². The molecule has 2 radical (unpaired) electrons. The van der Waals surface area contributed by atoms with Crippen LogP contribution >= 0.6 is 0 Å². The Morgan fingerprint density at radius 2 is 1.30 bits per heavy atom. The first kappa shape index (κ1) is 25.1. The van der Waals surface area contributed by atoms with E-state index < -0.39 is 0 Å². The normalized spacial score (nSPS) is 16.7. The molecule has 0 atom stereocenters. The van der Waals surface area contributed by atoms with Gasteiger partial charge in [0.1, 0.15) is 15.4 Å². The largest absolute Gasteiger partial charge is 0.360 e. The molecule has 0 aliphatic carbocycles. The van der Waals surface area contributed by atoms with E-state index in [2.05, 4.69) is 28.5 Å². The van der Waals surface area contributed by atoms with E-state index in [4.69, 9.17) is 9.47 Å². The molecule has 0 aromatic rings. The van der Waals surface area contributed by atoms with Gasteiger partial charge in [-0.2, -0.15) is 0 Å². The van der Waals surface area contributed by atoms with Crippen molar-refractivity contribution in [2.75, 3.05) is 73.1 Å². The van der Waals surface area contributed by atoms with Crippen molar-refractivity contribution < 1.29 is 9.47 Å². The Hall–Kier alpha value is 0.0169. The van der Waals surface area contributed by atoms with Gasteiger partial charge in [-0.3, -0.25) is 4.90 Å². The Balaban J connectivity index is 1.90. The summed E-state index contributed by atoms with van der Waals surface area (Å²) < 4.78 is 10.5. The number of methoxy groups -OCH3 is 2. The van der Waals surface area contributed by atoms with Crippen molar-refractivity contribution >= 4 is 9.52 Å². The molecule has 0 N–H and O–H groups in total. The Bertz CT molecular complexity index is 321. The van der Waals surface area contributed by atoms with Crippen LogP contribution in [0, 0.1) is 0 Å². The van der Waals surface area contributed by atoms with Crippen molar-refractivity contribution in [3.8, 4) is 0 Å². The van der Waals surface area contributed by atoms with Crippen LogP contribution < -0.4 is 0 Å². The van der Waals surface area contributed by atoms with Crippen LogP contribution in [0.5, 0.6) is 0 Å². The third-order valence-electron chi connectivity index (χ3n) is 5.73. The second-order valence-electron chi connectivity index (χ2n) is 7.59. The molecule has 5 nitrogen and oxygen atoms in total. The average molecular weight is 400 g/mol. The highest BCUT2D eigenvalue weighted by molar-refractivity contribution is 6.36. The number of likely N-dealkylation sites (N-methyl/N-ethyl adjacent to an activating group) is 1. The van der Waals surface area contributed by atoms with Crippen molar-refractivity contribution in [2.45, 2.75) is 64.3 Å². The highest BCUT2D eigenvalue weighted by atomic mass is 28.2. The summed E-state index contributed by atoms with van der Waals surface area (Å²) in [7, 11) is 4.24. The molecule has 0 bridgehead atoms. The molecule has 1 saturated heterocycles. The SMILES string of the molecule is CCN(CC)CCN1CCN(CCCCCCCC[Si]C(OC)OC)CC1. The molecule has 1 aliphatic heterocycles. The zero-order chi connectivity index (χ0) is 19.7. The molecular weight excluding hydrogens is 354 g/mol. The van der Waals surface area contributed by atoms with Gasteiger partial charge in [-0.25, -0.2) is 0 Å². The van der Waals surface area contributed by atoms with Crippen LogP contribution in [-0.4, -0.2) is 103 Å².